The molecule has 4 aromatic rings. The van der Waals surface area contributed by atoms with Crippen LogP contribution < -0.4 is 15.4 Å². The maximum absolute atomic E-state index is 14.9. The molecule has 2 N–H and O–H groups in total. The number of pyridine rings is 1. The summed E-state index contributed by atoms with van der Waals surface area (Å²) in [5.41, 5.74) is 0.848. The Morgan fingerprint density at radius 3 is 2.79 bits per heavy atom. The van der Waals surface area contributed by atoms with Gasteiger partial charge in [-0.2, -0.15) is 9.49 Å². The maximum atomic E-state index is 14.9. The number of aromatic nitrogens is 5. The molecule has 0 spiro atoms. The Kier molecular flexibility index (Phi) is 7.09. The molecule has 1 amide bonds. The Balaban J connectivity index is 1.44. The fourth-order valence-electron chi connectivity index (χ4n) is 4.20. The van der Waals surface area contributed by atoms with Gasteiger partial charge < -0.3 is 20.1 Å². The number of rotatable bonds is 7. The first-order valence-electron chi connectivity index (χ1n) is 11.8. The van der Waals surface area contributed by atoms with Gasteiger partial charge in [-0.05, 0) is 30.7 Å². The van der Waals surface area contributed by atoms with Crippen LogP contribution in [0, 0.1) is 11.8 Å². The van der Waals surface area contributed by atoms with Crippen molar-refractivity contribution in [3.05, 3.63) is 71.4 Å². The van der Waals surface area contributed by atoms with E-state index in [2.05, 4.69) is 30.7 Å². The van der Waals surface area contributed by atoms with Crippen molar-refractivity contribution in [2.24, 2.45) is 7.05 Å². The first-order valence-corrected chi connectivity index (χ1v) is 11.8. The molecule has 3 atom stereocenters. The number of benzene rings is 1. The molecule has 4 heterocycles. The Morgan fingerprint density at radius 2 is 2.08 bits per heavy atom. The number of carbonyl (C=O) groups is 1. The van der Waals surface area contributed by atoms with Crippen molar-refractivity contribution in [1.82, 2.24) is 30.0 Å². The topological polar surface area (TPSA) is 116 Å². The van der Waals surface area contributed by atoms with Crippen LogP contribution in [0.3, 0.4) is 0 Å². The molecular formula is C25H24F3N7O3. The number of aryl methyl sites for hydroxylation is 1. The number of hydrogen-bond acceptors (Lipinski definition) is 8. The van der Waals surface area contributed by atoms with Crippen molar-refractivity contribution in [1.29, 1.82) is 0 Å². The van der Waals surface area contributed by atoms with Gasteiger partial charge in [0.25, 0.3) is 11.9 Å². The average Bonchev–Trinajstić information content (AvgIpc) is 3.34. The van der Waals surface area contributed by atoms with Gasteiger partial charge >= 0.3 is 0 Å². The first kappa shape index (κ1) is 25.4. The van der Waals surface area contributed by atoms with E-state index in [1.807, 2.05) is 0 Å². The number of methoxy groups -OCH3 is 1. The molecule has 1 unspecified atom stereocenters. The predicted molar refractivity (Wildman–Crippen MR) is 131 cm³/mol. The molecule has 10 nitrogen and oxygen atoms in total. The van der Waals surface area contributed by atoms with E-state index in [0.717, 1.165) is 6.07 Å². The summed E-state index contributed by atoms with van der Waals surface area (Å²) in [6, 6.07) is 3.94. The molecule has 0 aliphatic carbocycles. The Bertz CT molecular complexity index is 1480. The number of anilines is 1. The molecule has 38 heavy (non-hydrogen) atoms. The van der Waals surface area contributed by atoms with Crippen LogP contribution in [0.5, 0.6) is 5.75 Å². The number of carbonyl (C=O) groups excluding carboxylic acids is 1. The van der Waals surface area contributed by atoms with E-state index in [1.54, 1.807) is 13.2 Å². The second-order valence-corrected chi connectivity index (χ2v) is 8.80. The monoisotopic (exact) mass is 527 g/mol. The molecule has 198 valence electrons. The minimum absolute atomic E-state index is 0.0306. The summed E-state index contributed by atoms with van der Waals surface area (Å²) in [7, 11) is 3.01. The molecule has 13 heteroatoms. The van der Waals surface area contributed by atoms with Crippen LogP contribution in [-0.2, 0) is 11.8 Å². The number of ether oxygens (including phenoxy) is 2. The van der Waals surface area contributed by atoms with E-state index >= 15 is 0 Å². The normalized spacial score (nSPS) is 18.2. The largest absolute Gasteiger partial charge is 0.492 e. The maximum Gasteiger partial charge on any atom is 0.255 e. The van der Waals surface area contributed by atoms with Crippen LogP contribution >= 0.6 is 0 Å². The number of amides is 1. The van der Waals surface area contributed by atoms with E-state index in [9.17, 15) is 18.0 Å². The van der Waals surface area contributed by atoms with Crippen molar-refractivity contribution >= 4 is 22.8 Å². The summed E-state index contributed by atoms with van der Waals surface area (Å²) >= 11 is 0. The predicted octanol–water partition coefficient (Wildman–Crippen LogP) is 3.10. The lowest BCUT2D eigenvalue weighted by Crippen LogP contribution is -2.39. The van der Waals surface area contributed by atoms with Gasteiger partial charge in [0.15, 0.2) is 5.75 Å². The van der Waals surface area contributed by atoms with Gasteiger partial charge in [-0.1, -0.05) is 0 Å². The Hall–Kier alpha value is -4.26. The van der Waals surface area contributed by atoms with Crippen molar-refractivity contribution in [2.45, 2.75) is 24.7 Å². The van der Waals surface area contributed by atoms with Crippen molar-refractivity contribution < 1.29 is 27.4 Å². The molecule has 1 aliphatic rings. The third-order valence-electron chi connectivity index (χ3n) is 6.20. The third kappa shape index (κ3) is 5.23. The van der Waals surface area contributed by atoms with Gasteiger partial charge in [-0.3, -0.25) is 9.48 Å². The van der Waals surface area contributed by atoms with Gasteiger partial charge in [0, 0.05) is 37.2 Å². The van der Waals surface area contributed by atoms with Crippen LogP contribution in [0.15, 0.2) is 42.9 Å². The fraction of sp³-hybridized carbons (Fsp3) is 0.320. The van der Waals surface area contributed by atoms with E-state index in [-0.39, 0.29) is 40.5 Å². The Morgan fingerprint density at radius 1 is 1.24 bits per heavy atom. The summed E-state index contributed by atoms with van der Waals surface area (Å²) in [4.78, 5) is 25.6. The number of hydrogen-bond donors (Lipinski definition) is 2. The zero-order valence-corrected chi connectivity index (χ0v) is 20.5. The molecular weight excluding hydrogens is 503 g/mol. The molecule has 0 saturated carbocycles. The van der Waals surface area contributed by atoms with E-state index in [1.165, 1.54) is 42.4 Å². The lowest BCUT2D eigenvalue weighted by Gasteiger charge is -2.26. The van der Waals surface area contributed by atoms with Gasteiger partial charge in [0.1, 0.15) is 12.0 Å². The summed E-state index contributed by atoms with van der Waals surface area (Å²) in [5, 5.41) is 9.90. The van der Waals surface area contributed by atoms with E-state index < -0.39 is 35.9 Å². The number of alkyl halides is 1. The van der Waals surface area contributed by atoms with Gasteiger partial charge in [-0.15, -0.1) is 0 Å². The molecule has 0 bridgehead atoms. The minimum Gasteiger partial charge on any atom is -0.492 e. The second-order valence-electron chi connectivity index (χ2n) is 8.80. The highest BCUT2D eigenvalue weighted by atomic mass is 19.1. The number of nitrogens with one attached hydrogen (secondary N) is 2. The second kappa shape index (κ2) is 10.6. The van der Waals surface area contributed by atoms with E-state index in [4.69, 9.17) is 9.47 Å². The number of halogens is 3. The molecule has 3 aromatic heterocycles. The summed E-state index contributed by atoms with van der Waals surface area (Å²) in [6.45, 7) is 0.366. The van der Waals surface area contributed by atoms with E-state index in [0.29, 0.717) is 18.6 Å². The number of fused-ring (bicyclic) bond motifs is 1. The van der Waals surface area contributed by atoms with Crippen LogP contribution in [-0.4, -0.2) is 63.2 Å². The van der Waals surface area contributed by atoms with Crippen LogP contribution in [0.2, 0.25) is 0 Å². The minimum atomic E-state index is -1.24. The highest BCUT2D eigenvalue weighted by Gasteiger charge is 2.27. The molecule has 1 saturated heterocycles. The summed E-state index contributed by atoms with van der Waals surface area (Å²) in [5.74, 6) is -2.15. The van der Waals surface area contributed by atoms with Crippen LogP contribution in [0.4, 0.5) is 19.1 Å². The molecule has 5 rings (SSSR count). The number of nitrogens with zero attached hydrogens (tertiary/aromatic N) is 5. The molecule has 1 aliphatic heterocycles. The Labute approximate surface area is 215 Å². The molecule has 1 fully saturated rings. The van der Waals surface area contributed by atoms with Gasteiger partial charge in [0.2, 0.25) is 5.95 Å². The van der Waals surface area contributed by atoms with Crippen molar-refractivity contribution in [2.75, 3.05) is 25.6 Å². The van der Waals surface area contributed by atoms with Gasteiger partial charge in [0.05, 0.1) is 48.6 Å². The lowest BCUT2D eigenvalue weighted by atomic mass is 10.1. The standard InChI is InChI=1S/C25H24F3N7O3/c1-35-11-14(9-30-35)22(19-3-4-21(37-2)23(28)31-19)34-24(36)13-7-16(26)15-10-29-25(33-20(15)8-13)32-18-5-6-38-12-17(18)27/h3-4,7-11,17-18,22H,5-6,12H2,1-2H3,(H,34,36)(H,29,32,33)/t17-,18?,22+/m0/s1. The van der Waals surface area contributed by atoms with Gasteiger partial charge in [-0.25, -0.2) is 23.7 Å². The zero-order valence-electron chi connectivity index (χ0n) is 20.5. The first-order chi connectivity index (χ1) is 18.3. The smallest absolute Gasteiger partial charge is 0.255 e. The highest BCUT2D eigenvalue weighted by molar-refractivity contribution is 5.98. The van der Waals surface area contributed by atoms with Crippen molar-refractivity contribution in [3.8, 4) is 5.75 Å². The highest BCUT2D eigenvalue weighted by Crippen LogP contribution is 2.26. The summed E-state index contributed by atoms with van der Waals surface area (Å²) in [6.07, 6.45) is 3.62. The average molecular weight is 528 g/mol. The SMILES string of the molecule is COc1ccc([C@H](NC(=O)c2cc(F)c3cnc(NC4CCOC[C@@H]4F)nc3c2)c2cnn(C)c2)nc1F. The lowest BCUT2D eigenvalue weighted by molar-refractivity contribution is 0.0284. The molecule has 0 radical (unpaired) electrons. The quantitative estimate of drug-likeness (QED) is 0.353. The zero-order chi connectivity index (χ0) is 26.8. The molecule has 1 aromatic carbocycles. The fourth-order valence-corrected chi connectivity index (χ4v) is 4.20. The van der Waals surface area contributed by atoms with Crippen LogP contribution in [0.1, 0.15) is 34.1 Å². The van der Waals surface area contributed by atoms with Crippen molar-refractivity contribution in [3.63, 3.8) is 0 Å². The third-order valence-corrected chi connectivity index (χ3v) is 6.20. The van der Waals surface area contributed by atoms with Crippen LogP contribution in [0.25, 0.3) is 10.9 Å². The summed E-state index contributed by atoms with van der Waals surface area (Å²) < 4.78 is 55.0.